The van der Waals surface area contributed by atoms with Crippen molar-refractivity contribution in [2.24, 2.45) is 0 Å². The zero-order valence-corrected chi connectivity index (χ0v) is 11.6. The summed E-state index contributed by atoms with van der Waals surface area (Å²) in [5, 5.41) is 14.6. The standard InChI is InChI=1S/C15H20N2O3/c1-11-4-6-12(7-5-11)10-16-14(20)17-15(13(18)19)8-2-3-9-15/h4-7H,2-3,8-10H2,1H3,(H,18,19)(H2,16,17,20). The number of carboxylic acid groups (broad SMARTS) is 1. The van der Waals surface area contributed by atoms with Crippen LogP contribution in [-0.4, -0.2) is 22.6 Å². The molecular formula is C15H20N2O3. The van der Waals surface area contributed by atoms with Gasteiger partial charge in [0.1, 0.15) is 5.54 Å². The van der Waals surface area contributed by atoms with Crippen molar-refractivity contribution in [3.8, 4) is 0 Å². The first-order chi connectivity index (χ1) is 9.52. The Kier molecular flexibility index (Phi) is 4.27. The van der Waals surface area contributed by atoms with Crippen molar-refractivity contribution in [1.82, 2.24) is 10.6 Å². The van der Waals surface area contributed by atoms with E-state index in [4.69, 9.17) is 0 Å². The number of carbonyl (C=O) groups excluding carboxylic acids is 1. The summed E-state index contributed by atoms with van der Waals surface area (Å²) in [6, 6.07) is 7.42. The molecule has 5 nitrogen and oxygen atoms in total. The number of carboxylic acids is 1. The van der Waals surface area contributed by atoms with Crippen LogP contribution in [0.15, 0.2) is 24.3 Å². The van der Waals surface area contributed by atoms with Crippen LogP contribution in [0, 0.1) is 6.92 Å². The van der Waals surface area contributed by atoms with Crippen molar-refractivity contribution in [2.75, 3.05) is 0 Å². The molecule has 0 atom stereocenters. The van der Waals surface area contributed by atoms with Crippen LogP contribution in [0.2, 0.25) is 0 Å². The smallest absolute Gasteiger partial charge is 0.329 e. The Hall–Kier alpha value is -2.04. The van der Waals surface area contributed by atoms with E-state index in [0.29, 0.717) is 19.4 Å². The number of urea groups is 1. The zero-order chi connectivity index (χ0) is 14.6. The summed E-state index contributed by atoms with van der Waals surface area (Å²) in [6.07, 6.45) is 2.68. The van der Waals surface area contributed by atoms with Crippen LogP contribution in [0.1, 0.15) is 36.8 Å². The van der Waals surface area contributed by atoms with Crippen molar-refractivity contribution in [1.29, 1.82) is 0 Å². The molecule has 2 amide bonds. The largest absolute Gasteiger partial charge is 0.480 e. The first-order valence-corrected chi connectivity index (χ1v) is 6.87. The second-order valence-electron chi connectivity index (χ2n) is 5.39. The number of hydrogen-bond acceptors (Lipinski definition) is 2. The summed E-state index contributed by atoms with van der Waals surface area (Å²) in [5.41, 5.74) is 1.06. The van der Waals surface area contributed by atoms with Crippen molar-refractivity contribution < 1.29 is 14.7 Å². The molecule has 20 heavy (non-hydrogen) atoms. The second-order valence-corrected chi connectivity index (χ2v) is 5.39. The molecule has 0 aromatic heterocycles. The SMILES string of the molecule is Cc1ccc(CNC(=O)NC2(C(=O)O)CCCC2)cc1. The Morgan fingerprint density at radius 1 is 1.20 bits per heavy atom. The average molecular weight is 276 g/mol. The third-order valence-corrected chi connectivity index (χ3v) is 3.79. The van der Waals surface area contributed by atoms with E-state index in [0.717, 1.165) is 24.0 Å². The summed E-state index contributed by atoms with van der Waals surface area (Å²) >= 11 is 0. The van der Waals surface area contributed by atoms with E-state index in [1.807, 2.05) is 31.2 Å². The summed E-state index contributed by atoms with van der Waals surface area (Å²) < 4.78 is 0. The monoisotopic (exact) mass is 276 g/mol. The Balaban J connectivity index is 1.89. The van der Waals surface area contributed by atoms with Gasteiger partial charge in [-0.3, -0.25) is 0 Å². The minimum Gasteiger partial charge on any atom is -0.480 e. The first kappa shape index (κ1) is 14.4. The third kappa shape index (κ3) is 3.29. The highest BCUT2D eigenvalue weighted by Gasteiger charge is 2.42. The number of rotatable bonds is 4. The average Bonchev–Trinajstić information content (AvgIpc) is 2.88. The van der Waals surface area contributed by atoms with Crippen LogP contribution in [-0.2, 0) is 11.3 Å². The van der Waals surface area contributed by atoms with Crippen molar-refractivity contribution in [3.05, 3.63) is 35.4 Å². The lowest BCUT2D eigenvalue weighted by atomic mass is 9.98. The van der Waals surface area contributed by atoms with Crippen LogP contribution in [0.5, 0.6) is 0 Å². The van der Waals surface area contributed by atoms with Gasteiger partial charge in [-0.15, -0.1) is 0 Å². The maximum absolute atomic E-state index is 11.9. The molecule has 0 heterocycles. The van der Waals surface area contributed by atoms with Crippen LogP contribution < -0.4 is 10.6 Å². The van der Waals surface area contributed by atoms with Crippen molar-refractivity contribution >= 4 is 12.0 Å². The molecule has 2 rings (SSSR count). The summed E-state index contributed by atoms with van der Waals surface area (Å²) in [6.45, 7) is 2.39. The molecule has 5 heteroatoms. The summed E-state index contributed by atoms with van der Waals surface area (Å²) in [7, 11) is 0. The molecule has 0 unspecified atom stereocenters. The molecule has 1 aromatic rings. The minimum atomic E-state index is -1.09. The number of benzene rings is 1. The second kappa shape index (κ2) is 5.94. The van der Waals surface area contributed by atoms with Gasteiger partial charge in [0.15, 0.2) is 0 Å². The van der Waals surface area contributed by atoms with E-state index in [1.165, 1.54) is 0 Å². The molecule has 1 aliphatic carbocycles. The number of aryl methyl sites for hydroxylation is 1. The predicted octanol–water partition coefficient (Wildman–Crippen LogP) is 2.19. The van der Waals surface area contributed by atoms with Gasteiger partial charge in [-0.05, 0) is 25.3 Å². The zero-order valence-electron chi connectivity index (χ0n) is 11.6. The highest BCUT2D eigenvalue weighted by molar-refractivity contribution is 5.86. The van der Waals surface area contributed by atoms with E-state index >= 15 is 0 Å². The predicted molar refractivity (Wildman–Crippen MR) is 75.4 cm³/mol. The molecule has 0 aliphatic heterocycles. The summed E-state index contributed by atoms with van der Waals surface area (Å²) in [5.74, 6) is -0.944. The number of carbonyl (C=O) groups is 2. The fourth-order valence-corrected chi connectivity index (χ4v) is 2.52. The third-order valence-electron chi connectivity index (χ3n) is 3.79. The van der Waals surface area contributed by atoms with Gasteiger partial charge >= 0.3 is 12.0 Å². The van der Waals surface area contributed by atoms with E-state index in [-0.39, 0.29) is 0 Å². The van der Waals surface area contributed by atoms with Crippen molar-refractivity contribution in [3.63, 3.8) is 0 Å². The molecule has 1 fully saturated rings. The van der Waals surface area contributed by atoms with Gasteiger partial charge in [0, 0.05) is 6.54 Å². The molecule has 0 radical (unpaired) electrons. The normalized spacial score (nSPS) is 16.6. The Bertz CT molecular complexity index is 490. The molecular weight excluding hydrogens is 256 g/mol. The maximum atomic E-state index is 11.9. The van der Waals surface area contributed by atoms with E-state index in [2.05, 4.69) is 10.6 Å². The van der Waals surface area contributed by atoms with Gasteiger partial charge in [0.2, 0.25) is 0 Å². The topological polar surface area (TPSA) is 78.4 Å². The maximum Gasteiger partial charge on any atom is 0.329 e. The molecule has 0 bridgehead atoms. The number of aliphatic carboxylic acids is 1. The fraction of sp³-hybridized carbons (Fsp3) is 0.467. The van der Waals surface area contributed by atoms with Crippen LogP contribution in [0.4, 0.5) is 4.79 Å². The highest BCUT2D eigenvalue weighted by atomic mass is 16.4. The summed E-state index contributed by atoms with van der Waals surface area (Å²) in [4.78, 5) is 23.2. The first-order valence-electron chi connectivity index (χ1n) is 6.87. The molecule has 1 aliphatic rings. The lowest BCUT2D eigenvalue weighted by Gasteiger charge is -2.25. The number of amides is 2. The fourth-order valence-electron chi connectivity index (χ4n) is 2.52. The highest BCUT2D eigenvalue weighted by Crippen LogP contribution is 2.29. The lowest BCUT2D eigenvalue weighted by molar-refractivity contribution is -0.144. The molecule has 1 aromatic carbocycles. The minimum absolute atomic E-state index is 0.391. The van der Waals surface area contributed by atoms with Gasteiger partial charge < -0.3 is 15.7 Å². The molecule has 3 N–H and O–H groups in total. The van der Waals surface area contributed by atoms with Crippen molar-refractivity contribution in [2.45, 2.75) is 44.7 Å². The van der Waals surface area contributed by atoms with E-state index in [9.17, 15) is 14.7 Å². The number of nitrogens with one attached hydrogen (secondary N) is 2. The van der Waals surface area contributed by atoms with E-state index in [1.54, 1.807) is 0 Å². The molecule has 0 saturated heterocycles. The van der Waals surface area contributed by atoms with Gasteiger partial charge in [-0.2, -0.15) is 0 Å². The van der Waals surface area contributed by atoms with Gasteiger partial charge in [0.25, 0.3) is 0 Å². The van der Waals surface area contributed by atoms with Crippen LogP contribution in [0.3, 0.4) is 0 Å². The Morgan fingerprint density at radius 2 is 1.80 bits per heavy atom. The van der Waals surface area contributed by atoms with E-state index < -0.39 is 17.5 Å². The van der Waals surface area contributed by atoms with Gasteiger partial charge in [-0.1, -0.05) is 42.7 Å². The van der Waals surface area contributed by atoms with Gasteiger partial charge in [-0.25, -0.2) is 9.59 Å². The Morgan fingerprint density at radius 3 is 2.35 bits per heavy atom. The quantitative estimate of drug-likeness (QED) is 0.788. The van der Waals surface area contributed by atoms with Crippen LogP contribution in [0.25, 0.3) is 0 Å². The Labute approximate surface area is 118 Å². The lowest BCUT2D eigenvalue weighted by Crippen LogP contribution is -2.55. The number of hydrogen-bond donors (Lipinski definition) is 3. The molecule has 108 valence electrons. The van der Waals surface area contributed by atoms with Crippen LogP contribution >= 0.6 is 0 Å². The van der Waals surface area contributed by atoms with Gasteiger partial charge in [0.05, 0.1) is 0 Å². The molecule has 1 saturated carbocycles. The molecule has 0 spiro atoms.